The molecule has 0 radical (unpaired) electrons. The van der Waals surface area contributed by atoms with Crippen LogP contribution in [-0.2, 0) is 4.74 Å². The van der Waals surface area contributed by atoms with Gasteiger partial charge in [0.2, 0.25) is 5.95 Å². The zero-order chi connectivity index (χ0) is 12.9. The second-order valence-electron chi connectivity index (χ2n) is 5.94. The minimum absolute atomic E-state index is 0.101. The van der Waals surface area contributed by atoms with E-state index in [1.54, 1.807) is 6.07 Å². The lowest BCUT2D eigenvalue weighted by molar-refractivity contribution is -0.101. The maximum absolute atomic E-state index is 13.2. The molecule has 1 saturated heterocycles. The minimum atomic E-state index is -0.421. The van der Waals surface area contributed by atoms with E-state index in [0.717, 1.165) is 13.0 Å². The summed E-state index contributed by atoms with van der Waals surface area (Å²) in [7, 11) is 2.00. The lowest BCUT2D eigenvalue weighted by Crippen LogP contribution is -2.66. The zero-order valence-corrected chi connectivity index (χ0v) is 11.1. The first-order valence-electron chi connectivity index (χ1n) is 6.49. The first kappa shape index (κ1) is 11.9. The van der Waals surface area contributed by atoms with Gasteiger partial charge in [-0.1, -0.05) is 19.9 Å². The number of nitrogens with zero attached hydrogens (tertiary/aromatic N) is 2. The molecule has 0 bridgehead atoms. The van der Waals surface area contributed by atoms with Crippen molar-refractivity contribution in [3.63, 3.8) is 0 Å². The number of anilines is 1. The third kappa shape index (κ3) is 1.55. The number of fused-ring (bicyclic) bond motifs is 1. The molecule has 2 aliphatic rings. The summed E-state index contributed by atoms with van der Waals surface area (Å²) in [5.41, 5.74) is 0.101. The predicted molar refractivity (Wildman–Crippen MR) is 68.0 cm³/mol. The van der Waals surface area contributed by atoms with Gasteiger partial charge in [0.15, 0.2) is 0 Å². The molecule has 2 fully saturated rings. The molecule has 1 aromatic rings. The van der Waals surface area contributed by atoms with Gasteiger partial charge in [0.05, 0.1) is 6.10 Å². The number of ether oxygens (including phenoxy) is 1. The molecule has 3 rings (SSSR count). The molecule has 0 amide bonds. The maximum atomic E-state index is 13.2. The topological polar surface area (TPSA) is 25.4 Å². The Morgan fingerprint density at radius 1 is 1.44 bits per heavy atom. The van der Waals surface area contributed by atoms with Crippen molar-refractivity contribution < 1.29 is 9.13 Å². The molecule has 0 spiro atoms. The van der Waals surface area contributed by atoms with E-state index in [2.05, 4.69) is 23.7 Å². The first-order valence-corrected chi connectivity index (χ1v) is 6.49. The second kappa shape index (κ2) is 3.92. The predicted octanol–water partition coefficient (Wildman–Crippen LogP) is 2.47. The maximum Gasteiger partial charge on any atom is 0.214 e. The number of rotatable bonds is 2. The highest BCUT2D eigenvalue weighted by Gasteiger charge is 2.60. The Hall–Kier alpha value is -1.16. The van der Waals surface area contributed by atoms with Crippen LogP contribution in [0.3, 0.4) is 0 Å². The fourth-order valence-corrected chi connectivity index (χ4v) is 3.82. The molecular weight excluding hydrogens is 231 g/mol. The molecule has 4 heteroatoms. The van der Waals surface area contributed by atoms with Crippen LogP contribution in [0.5, 0.6) is 0 Å². The summed E-state index contributed by atoms with van der Waals surface area (Å²) in [6.07, 6.45) is 1.44. The summed E-state index contributed by atoms with van der Waals surface area (Å²) in [6.45, 7) is 5.29. The summed E-state index contributed by atoms with van der Waals surface area (Å²) in [5, 5.41) is 0. The fourth-order valence-electron chi connectivity index (χ4n) is 3.82. The Labute approximate surface area is 107 Å². The van der Waals surface area contributed by atoms with Gasteiger partial charge in [0, 0.05) is 31.0 Å². The summed E-state index contributed by atoms with van der Waals surface area (Å²) < 4.78 is 19.0. The molecule has 0 aromatic carbocycles. The molecular formula is C14H19FN2O. The zero-order valence-electron chi connectivity index (χ0n) is 11.1. The van der Waals surface area contributed by atoms with Crippen LogP contribution >= 0.6 is 0 Å². The van der Waals surface area contributed by atoms with E-state index in [1.165, 1.54) is 6.07 Å². The lowest BCUT2D eigenvalue weighted by Gasteiger charge is -2.58. The van der Waals surface area contributed by atoms with Crippen molar-refractivity contribution in [1.82, 2.24) is 4.98 Å². The summed E-state index contributed by atoms with van der Waals surface area (Å²) in [6, 6.07) is 5.33. The van der Waals surface area contributed by atoms with Crippen LogP contribution in [-0.4, -0.2) is 30.8 Å². The fraction of sp³-hybridized carbons (Fsp3) is 0.643. The molecule has 0 N–H and O–H groups in total. The molecule has 3 atom stereocenters. The highest BCUT2D eigenvalue weighted by Crippen LogP contribution is 2.54. The Kier molecular flexibility index (Phi) is 2.59. The van der Waals surface area contributed by atoms with E-state index in [9.17, 15) is 4.39 Å². The van der Waals surface area contributed by atoms with Gasteiger partial charge in [0.25, 0.3) is 0 Å². The van der Waals surface area contributed by atoms with E-state index < -0.39 is 5.95 Å². The van der Waals surface area contributed by atoms with Gasteiger partial charge in [-0.15, -0.1) is 0 Å². The molecule has 2 heterocycles. The van der Waals surface area contributed by atoms with Crippen molar-refractivity contribution >= 4 is 5.82 Å². The molecule has 18 heavy (non-hydrogen) atoms. The van der Waals surface area contributed by atoms with Crippen LogP contribution in [0.15, 0.2) is 18.2 Å². The van der Waals surface area contributed by atoms with Crippen molar-refractivity contribution in [3.05, 3.63) is 24.1 Å². The molecule has 3 nitrogen and oxygen atoms in total. The normalized spacial score (nSPS) is 32.8. The van der Waals surface area contributed by atoms with Crippen molar-refractivity contribution in [2.75, 3.05) is 18.6 Å². The van der Waals surface area contributed by atoms with Gasteiger partial charge < -0.3 is 9.64 Å². The van der Waals surface area contributed by atoms with Crippen LogP contribution in [0.25, 0.3) is 0 Å². The van der Waals surface area contributed by atoms with Crippen molar-refractivity contribution in [1.29, 1.82) is 0 Å². The molecule has 0 unspecified atom stereocenters. The molecule has 98 valence electrons. The standard InChI is InChI=1S/C14H19FN2O/c1-14(2)12(9-7-8-18-13(9)14)17(3)11-6-4-5-10(15)16-11/h4-6,9,12-13H,7-8H2,1-3H3/t9-,12+,13+/m0/s1. The highest BCUT2D eigenvalue weighted by molar-refractivity contribution is 5.41. The second-order valence-corrected chi connectivity index (χ2v) is 5.94. The van der Waals surface area contributed by atoms with Crippen LogP contribution in [0.2, 0.25) is 0 Å². The number of pyridine rings is 1. The average Bonchev–Trinajstić information content (AvgIpc) is 2.75. The molecule has 1 aliphatic heterocycles. The van der Waals surface area contributed by atoms with Crippen LogP contribution in [0.1, 0.15) is 20.3 Å². The van der Waals surface area contributed by atoms with E-state index in [0.29, 0.717) is 23.9 Å². The molecule has 1 saturated carbocycles. The van der Waals surface area contributed by atoms with Crippen molar-refractivity contribution in [2.45, 2.75) is 32.4 Å². The first-order chi connectivity index (χ1) is 8.51. The van der Waals surface area contributed by atoms with Crippen LogP contribution in [0.4, 0.5) is 10.2 Å². The smallest absolute Gasteiger partial charge is 0.214 e. The number of aromatic nitrogens is 1. The summed E-state index contributed by atoms with van der Waals surface area (Å²) >= 11 is 0. The van der Waals surface area contributed by atoms with Gasteiger partial charge >= 0.3 is 0 Å². The lowest BCUT2D eigenvalue weighted by atomic mass is 9.57. The van der Waals surface area contributed by atoms with Gasteiger partial charge in [-0.3, -0.25) is 0 Å². The average molecular weight is 250 g/mol. The Morgan fingerprint density at radius 3 is 2.94 bits per heavy atom. The third-order valence-corrected chi connectivity index (χ3v) is 4.52. The van der Waals surface area contributed by atoms with Crippen LogP contribution < -0.4 is 4.90 Å². The van der Waals surface area contributed by atoms with Gasteiger partial charge in [-0.2, -0.15) is 4.39 Å². The Bertz CT molecular complexity index is 463. The van der Waals surface area contributed by atoms with Gasteiger partial charge in [-0.25, -0.2) is 4.98 Å². The number of halogens is 1. The van der Waals surface area contributed by atoms with Crippen molar-refractivity contribution in [2.24, 2.45) is 11.3 Å². The Balaban J connectivity index is 1.87. The van der Waals surface area contributed by atoms with E-state index in [1.807, 2.05) is 13.1 Å². The van der Waals surface area contributed by atoms with E-state index >= 15 is 0 Å². The quantitative estimate of drug-likeness (QED) is 0.754. The van der Waals surface area contributed by atoms with Gasteiger partial charge in [0.1, 0.15) is 5.82 Å². The van der Waals surface area contributed by atoms with E-state index in [-0.39, 0.29) is 5.41 Å². The van der Waals surface area contributed by atoms with E-state index in [4.69, 9.17) is 4.74 Å². The SMILES string of the molecule is CN(c1cccc(F)n1)[C@@H]1[C@@H]2CCO[C@H]2C1(C)C. The molecule has 1 aromatic heterocycles. The Morgan fingerprint density at radius 2 is 2.22 bits per heavy atom. The van der Waals surface area contributed by atoms with Crippen LogP contribution in [0, 0.1) is 17.3 Å². The summed E-state index contributed by atoms with van der Waals surface area (Å²) in [4.78, 5) is 6.08. The minimum Gasteiger partial charge on any atom is -0.377 e. The highest BCUT2D eigenvalue weighted by atomic mass is 19.1. The largest absolute Gasteiger partial charge is 0.377 e. The van der Waals surface area contributed by atoms with Gasteiger partial charge in [-0.05, 0) is 18.6 Å². The third-order valence-electron chi connectivity index (χ3n) is 4.52. The molecule has 1 aliphatic carbocycles. The van der Waals surface area contributed by atoms with Crippen molar-refractivity contribution in [3.8, 4) is 0 Å². The monoisotopic (exact) mass is 250 g/mol. The number of hydrogen-bond donors (Lipinski definition) is 0. The number of hydrogen-bond acceptors (Lipinski definition) is 3. The summed E-state index contributed by atoms with van der Waals surface area (Å²) in [5.74, 6) is 0.837.